The molecule has 0 spiro atoms. The molecule has 1 aliphatic rings. The van der Waals surface area contributed by atoms with Crippen molar-refractivity contribution in [2.45, 2.75) is 19.4 Å². The number of hydrogen-bond acceptors (Lipinski definition) is 5. The highest BCUT2D eigenvalue weighted by Crippen LogP contribution is 2.34. The van der Waals surface area contributed by atoms with Crippen LogP contribution in [0.15, 0.2) is 48.8 Å². The Hall–Kier alpha value is -2.45. The molecule has 7 nitrogen and oxygen atoms in total. The normalized spacial score (nSPS) is 20.1. The standard InChI is InChI=1S/C20H25N3O4S/c1-3-27-19-7-5-4-6-16(19)12-22-20(24)18-14-23(28(2,25)26)13-17(18)15-8-10-21-11-9-15/h4-11,17-18H,3,12-14H2,1-2H3,(H,22,24)/t17-,18+/m0/s1. The third-order valence-corrected chi connectivity index (χ3v) is 6.19. The van der Waals surface area contributed by atoms with Gasteiger partial charge in [0.15, 0.2) is 0 Å². The lowest BCUT2D eigenvalue weighted by molar-refractivity contribution is -0.125. The molecule has 0 bridgehead atoms. The van der Waals surface area contributed by atoms with Crippen molar-refractivity contribution in [2.75, 3.05) is 26.0 Å². The van der Waals surface area contributed by atoms with Crippen molar-refractivity contribution in [1.82, 2.24) is 14.6 Å². The first-order valence-electron chi connectivity index (χ1n) is 9.23. The topological polar surface area (TPSA) is 88.6 Å². The summed E-state index contributed by atoms with van der Waals surface area (Å²) in [7, 11) is -3.37. The van der Waals surface area contributed by atoms with E-state index in [9.17, 15) is 13.2 Å². The fraction of sp³-hybridized carbons (Fsp3) is 0.400. The van der Waals surface area contributed by atoms with Gasteiger partial charge in [0, 0.05) is 43.5 Å². The van der Waals surface area contributed by atoms with Gasteiger partial charge in [-0.15, -0.1) is 0 Å². The number of sulfonamides is 1. The summed E-state index contributed by atoms with van der Waals surface area (Å²) in [6.45, 7) is 3.24. The lowest BCUT2D eigenvalue weighted by atomic mass is 9.89. The number of aromatic nitrogens is 1. The average Bonchev–Trinajstić information content (AvgIpc) is 3.14. The van der Waals surface area contributed by atoms with E-state index < -0.39 is 15.9 Å². The van der Waals surface area contributed by atoms with Crippen LogP contribution >= 0.6 is 0 Å². The lowest BCUT2D eigenvalue weighted by Gasteiger charge is -2.19. The predicted octanol–water partition coefficient (Wildman–Crippen LogP) is 1.77. The Morgan fingerprint density at radius 1 is 1.21 bits per heavy atom. The van der Waals surface area contributed by atoms with Crippen molar-refractivity contribution in [2.24, 2.45) is 5.92 Å². The minimum atomic E-state index is -3.37. The summed E-state index contributed by atoms with van der Waals surface area (Å²) in [6, 6.07) is 11.2. The van der Waals surface area contributed by atoms with Crippen LogP contribution in [0.4, 0.5) is 0 Å². The molecule has 2 heterocycles. The van der Waals surface area contributed by atoms with Gasteiger partial charge in [-0.1, -0.05) is 18.2 Å². The predicted molar refractivity (Wildman–Crippen MR) is 106 cm³/mol. The van der Waals surface area contributed by atoms with E-state index in [4.69, 9.17) is 4.74 Å². The lowest BCUT2D eigenvalue weighted by Crippen LogP contribution is -2.35. The fourth-order valence-electron chi connectivity index (χ4n) is 3.51. The van der Waals surface area contributed by atoms with Gasteiger partial charge in [-0.3, -0.25) is 9.78 Å². The molecule has 0 radical (unpaired) electrons. The van der Waals surface area contributed by atoms with Crippen LogP contribution in [0.25, 0.3) is 0 Å². The van der Waals surface area contributed by atoms with Gasteiger partial charge < -0.3 is 10.1 Å². The smallest absolute Gasteiger partial charge is 0.225 e. The molecule has 1 fully saturated rings. The summed E-state index contributed by atoms with van der Waals surface area (Å²) in [5.74, 6) is -0.101. The molecule has 0 aliphatic carbocycles. The third-order valence-electron chi connectivity index (χ3n) is 4.95. The maximum absolute atomic E-state index is 13.0. The van der Waals surface area contributed by atoms with Crippen LogP contribution in [0.1, 0.15) is 24.0 Å². The molecule has 8 heteroatoms. The van der Waals surface area contributed by atoms with Gasteiger partial charge in [0.25, 0.3) is 0 Å². The van der Waals surface area contributed by atoms with Crippen LogP contribution in [0.5, 0.6) is 5.75 Å². The van der Waals surface area contributed by atoms with Gasteiger partial charge in [-0.05, 0) is 30.7 Å². The Morgan fingerprint density at radius 3 is 2.61 bits per heavy atom. The molecule has 1 N–H and O–H groups in total. The highest BCUT2D eigenvalue weighted by molar-refractivity contribution is 7.88. The number of amides is 1. The van der Waals surface area contributed by atoms with Crippen LogP contribution < -0.4 is 10.1 Å². The zero-order chi connectivity index (χ0) is 20.1. The number of ether oxygens (including phenoxy) is 1. The van der Waals surface area contributed by atoms with Crippen molar-refractivity contribution in [1.29, 1.82) is 0 Å². The Balaban J connectivity index is 1.76. The molecule has 1 aromatic carbocycles. The zero-order valence-electron chi connectivity index (χ0n) is 16.0. The number of pyridine rings is 1. The van der Waals surface area contributed by atoms with Gasteiger partial charge in [0.2, 0.25) is 15.9 Å². The first-order valence-corrected chi connectivity index (χ1v) is 11.1. The number of carbonyl (C=O) groups excluding carboxylic acids is 1. The van der Waals surface area contributed by atoms with E-state index in [2.05, 4.69) is 10.3 Å². The van der Waals surface area contributed by atoms with Gasteiger partial charge in [-0.25, -0.2) is 12.7 Å². The highest BCUT2D eigenvalue weighted by atomic mass is 32.2. The largest absolute Gasteiger partial charge is 0.494 e. The average molecular weight is 404 g/mol. The van der Waals surface area contributed by atoms with E-state index in [1.807, 2.05) is 43.3 Å². The number of nitrogens with zero attached hydrogens (tertiary/aromatic N) is 2. The molecule has 1 saturated heterocycles. The number of nitrogens with one attached hydrogen (secondary N) is 1. The summed E-state index contributed by atoms with van der Waals surface area (Å²) in [4.78, 5) is 17.0. The second-order valence-electron chi connectivity index (χ2n) is 6.83. The van der Waals surface area contributed by atoms with Crippen LogP contribution in [-0.2, 0) is 21.4 Å². The number of para-hydroxylation sites is 1. The highest BCUT2D eigenvalue weighted by Gasteiger charge is 2.41. The van der Waals surface area contributed by atoms with Gasteiger partial charge in [-0.2, -0.15) is 0 Å². The van der Waals surface area contributed by atoms with Gasteiger partial charge in [0.1, 0.15) is 5.75 Å². The molecule has 1 amide bonds. The van der Waals surface area contributed by atoms with Crippen molar-refractivity contribution in [3.05, 3.63) is 59.9 Å². The summed E-state index contributed by atoms with van der Waals surface area (Å²) in [5, 5.41) is 2.96. The Bertz CT molecular complexity index is 918. The minimum Gasteiger partial charge on any atom is -0.494 e. The Labute approximate surface area is 165 Å². The van der Waals surface area contributed by atoms with E-state index >= 15 is 0 Å². The van der Waals surface area contributed by atoms with Crippen molar-refractivity contribution < 1.29 is 17.9 Å². The molecule has 0 unspecified atom stereocenters. The molecule has 28 heavy (non-hydrogen) atoms. The molecule has 0 saturated carbocycles. The monoisotopic (exact) mass is 403 g/mol. The summed E-state index contributed by atoms with van der Waals surface area (Å²) < 4.78 is 31.1. The summed E-state index contributed by atoms with van der Waals surface area (Å²) in [6.07, 6.45) is 4.49. The maximum atomic E-state index is 13.0. The molecule has 2 aromatic rings. The van der Waals surface area contributed by atoms with E-state index in [1.54, 1.807) is 12.4 Å². The van der Waals surface area contributed by atoms with E-state index in [0.29, 0.717) is 13.2 Å². The fourth-order valence-corrected chi connectivity index (χ4v) is 4.37. The maximum Gasteiger partial charge on any atom is 0.225 e. The summed E-state index contributed by atoms with van der Waals surface area (Å²) >= 11 is 0. The third kappa shape index (κ3) is 4.69. The first-order chi connectivity index (χ1) is 13.4. The number of carbonyl (C=O) groups is 1. The zero-order valence-corrected chi connectivity index (χ0v) is 16.9. The molecular formula is C20H25N3O4S. The Morgan fingerprint density at radius 2 is 1.93 bits per heavy atom. The quantitative estimate of drug-likeness (QED) is 0.761. The minimum absolute atomic E-state index is 0.167. The summed E-state index contributed by atoms with van der Waals surface area (Å²) in [5.41, 5.74) is 1.80. The molecule has 3 rings (SSSR count). The number of hydrogen-bond donors (Lipinski definition) is 1. The van der Waals surface area contributed by atoms with Crippen LogP contribution in [0.2, 0.25) is 0 Å². The Kier molecular flexibility index (Phi) is 6.31. The molecule has 150 valence electrons. The van der Waals surface area contributed by atoms with Crippen molar-refractivity contribution in [3.8, 4) is 5.75 Å². The SMILES string of the molecule is CCOc1ccccc1CNC(=O)[C@@H]1CN(S(C)(=O)=O)C[C@H]1c1ccncc1. The molecular weight excluding hydrogens is 378 g/mol. The van der Waals surface area contributed by atoms with Crippen LogP contribution in [0, 0.1) is 5.92 Å². The van der Waals surface area contributed by atoms with Gasteiger partial charge in [0.05, 0.1) is 18.8 Å². The van der Waals surface area contributed by atoms with Crippen LogP contribution in [0.3, 0.4) is 0 Å². The molecule has 1 aromatic heterocycles. The second-order valence-corrected chi connectivity index (χ2v) is 8.81. The van der Waals surface area contributed by atoms with E-state index in [0.717, 1.165) is 16.9 Å². The van der Waals surface area contributed by atoms with E-state index in [-0.39, 0.29) is 24.9 Å². The first kappa shape index (κ1) is 20.3. The number of benzene rings is 1. The molecule has 2 atom stereocenters. The van der Waals surface area contributed by atoms with E-state index in [1.165, 1.54) is 10.6 Å². The van der Waals surface area contributed by atoms with Crippen molar-refractivity contribution in [3.63, 3.8) is 0 Å². The van der Waals surface area contributed by atoms with Gasteiger partial charge >= 0.3 is 0 Å². The second kappa shape index (κ2) is 8.70. The molecule has 1 aliphatic heterocycles. The van der Waals surface area contributed by atoms with Crippen molar-refractivity contribution >= 4 is 15.9 Å². The van der Waals surface area contributed by atoms with Crippen LogP contribution in [-0.4, -0.2) is 49.6 Å². The number of rotatable bonds is 7.